The largest absolute Gasteiger partial charge is 0.355 e. The third-order valence-corrected chi connectivity index (χ3v) is 8.10. The second kappa shape index (κ2) is 10.7. The number of aromatic nitrogens is 4. The molecule has 8 bridgehead atoms. The van der Waals surface area contributed by atoms with Gasteiger partial charge in [0.1, 0.15) is 0 Å². The maximum absolute atomic E-state index is 5.24. The van der Waals surface area contributed by atoms with E-state index in [-0.39, 0.29) is 0 Å². The summed E-state index contributed by atoms with van der Waals surface area (Å²) in [6, 6.07) is 39.8. The lowest BCUT2D eigenvalue weighted by atomic mass is 10.0. The smallest absolute Gasteiger partial charge is 0.0906 e. The van der Waals surface area contributed by atoms with Crippen molar-refractivity contribution in [3.8, 4) is 22.3 Å². The van der Waals surface area contributed by atoms with Crippen LogP contribution in [0.4, 0.5) is 11.4 Å². The third-order valence-electron chi connectivity index (χ3n) is 8.10. The first-order chi connectivity index (χ1) is 21.7. The monoisotopic (exact) mass is 567 g/mol. The van der Waals surface area contributed by atoms with Gasteiger partial charge in [-0.25, -0.2) is 9.97 Å². The van der Waals surface area contributed by atoms with Crippen molar-refractivity contribution in [1.82, 2.24) is 19.9 Å². The van der Waals surface area contributed by atoms with E-state index in [4.69, 9.17) is 9.97 Å². The summed E-state index contributed by atoms with van der Waals surface area (Å²) in [6.45, 7) is 2.11. The van der Waals surface area contributed by atoms with Crippen LogP contribution < -0.4 is 5.32 Å². The minimum absolute atomic E-state index is 0.829. The Bertz CT molecular complexity index is 2120. The summed E-state index contributed by atoms with van der Waals surface area (Å²) < 4.78 is 0. The zero-order chi connectivity index (χ0) is 29.5. The second-order valence-electron chi connectivity index (χ2n) is 11.0. The standard InChI is InChI=1S/C39H29N5/c1-25-10-8-9-15-30(25)44-39-35-22-20-33(42-35)37(26-11-4-2-5-12-26)31-18-16-28(40-31)24-29-17-19-32(41-29)38(27-13-6-3-7-14-27)34-21-23-36(39)43-34/h2-24,40-41,44H,1H3. The molecule has 5 heterocycles. The fraction of sp³-hybridized carbons (Fsp3) is 0.0256. The molecule has 210 valence electrons. The average molecular weight is 568 g/mol. The predicted molar refractivity (Wildman–Crippen MR) is 184 cm³/mol. The number of fused-ring (bicyclic) bond motifs is 8. The van der Waals surface area contributed by atoms with E-state index >= 15 is 0 Å². The Hall–Kier alpha value is -5.94. The van der Waals surface area contributed by atoms with E-state index in [1.54, 1.807) is 0 Å². The van der Waals surface area contributed by atoms with Gasteiger partial charge in [0.15, 0.2) is 0 Å². The third kappa shape index (κ3) is 4.71. The summed E-state index contributed by atoms with van der Waals surface area (Å²) in [6.07, 6.45) is 8.36. The normalized spacial score (nSPS) is 12.0. The van der Waals surface area contributed by atoms with E-state index in [9.17, 15) is 0 Å². The highest BCUT2D eigenvalue weighted by atomic mass is 14.9. The highest BCUT2D eigenvalue weighted by Crippen LogP contribution is 2.36. The van der Waals surface area contributed by atoms with Crippen molar-refractivity contribution >= 4 is 57.7 Å². The molecule has 0 spiro atoms. The maximum atomic E-state index is 5.24. The van der Waals surface area contributed by atoms with Crippen LogP contribution >= 0.6 is 0 Å². The quantitative estimate of drug-likeness (QED) is 0.198. The Labute approximate surface area is 255 Å². The van der Waals surface area contributed by atoms with Crippen molar-refractivity contribution in [3.05, 3.63) is 144 Å². The lowest BCUT2D eigenvalue weighted by molar-refractivity contribution is 1.26. The van der Waals surface area contributed by atoms with Crippen molar-refractivity contribution in [2.45, 2.75) is 6.92 Å². The van der Waals surface area contributed by atoms with Gasteiger partial charge in [-0.1, -0.05) is 78.9 Å². The molecule has 0 amide bonds. The van der Waals surface area contributed by atoms with Gasteiger partial charge in [0, 0.05) is 38.9 Å². The van der Waals surface area contributed by atoms with Crippen LogP contribution in [-0.2, 0) is 0 Å². The average Bonchev–Trinajstić information content (AvgIpc) is 3.88. The molecule has 3 aromatic carbocycles. The molecule has 0 saturated heterocycles. The van der Waals surface area contributed by atoms with Crippen molar-refractivity contribution < 1.29 is 0 Å². The number of rotatable bonds is 4. The molecule has 3 aromatic heterocycles. The van der Waals surface area contributed by atoms with Crippen molar-refractivity contribution in [3.63, 3.8) is 0 Å². The lowest BCUT2D eigenvalue weighted by Gasteiger charge is -2.11. The van der Waals surface area contributed by atoms with Crippen LogP contribution in [0, 0.1) is 6.92 Å². The number of hydrogen-bond acceptors (Lipinski definition) is 3. The first-order valence-electron chi connectivity index (χ1n) is 14.8. The zero-order valence-corrected chi connectivity index (χ0v) is 24.2. The first kappa shape index (κ1) is 25.7. The minimum atomic E-state index is 0.829. The molecule has 0 fully saturated rings. The summed E-state index contributed by atoms with van der Waals surface area (Å²) in [5, 5.41) is 3.70. The molecule has 0 saturated carbocycles. The van der Waals surface area contributed by atoms with Crippen LogP contribution in [0.15, 0.2) is 115 Å². The molecule has 44 heavy (non-hydrogen) atoms. The molecular formula is C39H29N5. The Morgan fingerprint density at radius 2 is 0.977 bits per heavy atom. The number of para-hydroxylation sites is 1. The van der Waals surface area contributed by atoms with E-state index in [1.807, 2.05) is 18.2 Å². The van der Waals surface area contributed by atoms with Gasteiger partial charge in [-0.2, -0.15) is 0 Å². The summed E-state index contributed by atoms with van der Waals surface area (Å²) in [5.74, 6) is 0. The summed E-state index contributed by atoms with van der Waals surface area (Å²) in [5.41, 5.74) is 14.8. The van der Waals surface area contributed by atoms with Gasteiger partial charge in [0.25, 0.3) is 0 Å². The highest BCUT2D eigenvalue weighted by Gasteiger charge is 2.18. The number of nitrogens with zero attached hydrogens (tertiary/aromatic N) is 2. The molecule has 2 aliphatic rings. The van der Waals surface area contributed by atoms with Crippen LogP contribution in [0.5, 0.6) is 0 Å². The Morgan fingerprint density at radius 3 is 1.50 bits per heavy atom. The molecule has 5 heteroatoms. The van der Waals surface area contributed by atoms with Crippen LogP contribution in [0.1, 0.15) is 28.3 Å². The van der Waals surface area contributed by atoms with Gasteiger partial charge in [0.05, 0.1) is 28.5 Å². The van der Waals surface area contributed by atoms with Crippen LogP contribution in [-0.4, -0.2) is 19.9 Å². The number of aryl methyl sites for hydroxylation is 1. The van der Waals surface area contributed by atoms with Crippen molar-refractivity contribution in [2.75, 3.05) is 5.32 Å². The molecule has 0 aliphatic carbocycles. The van der Waals surface area contributed by atoms with E-state index in [2.05, 4.69) is 144 Å². The first-order valence-corrected chi connectivity index (χ1v) is 14.8. The Balaban J connectivity index is 1.50. The fourth-order valence-corrected chi connectivity index (χ4v) is 5.93. The molecular weight excluding hydrogens is 538 g/mol. The second-order valence-corrected chi connectivity index (χ2v) is 11.0. The molecule has 3 N–H and O–H groups in total. The predicted octanol–water partition coefficient (Wildman–Crippen LogP) is 10.0. The topological polar surface area (TPSA) is 69.4 Å². The van der Waals surface area contributed by atoms with Gasteiger partial charge < -0.3 is 15.3 Å². The molecule has 2 aliphatic heterocycles. The highest BCUT2D eigenvalue weighted by molar-refractivity contribution is 5.96. The van der Waals surface area contributed by atoms with Crippen LogP contribution in [0.3, 0.4) is 0 Å². The number of nitrogens with one attached hydrogen (secondary N) is 3. The van der Waals surface area contributed by atoms with Gasteiger partial charge in [0.2, 0.25) is 0 Å². The van der Waals surface area contributed by atoms with E-state index in [1.165, 1.54) is 0 Å². The van der Waals surface area contributed by atoms with Gasteiger partial charge in [-0.15, -0.1) is 0 Å². The number of benzene rings is 3. The van der Waals surface area contributed by atoms with E-state index < -0.39 is 0 Å². The maximum Gasteiger partial charge on any atom is 0.0906 e. The Morgan fingerprint density at radius 1 is 0.500 bits per heavy atom. The van der Waals surface area contributed by atoms with Gasteiger partial charge in [-0.3, -0.25) is 0 Å². The molecule has 8 rings (SSSR count). The molecule has 5 nitrogen and oxygen atoms in total. The molecule has 0 radical (unpaired) electrons. The lowest BCUT2D eigenvalue weighted by Crippen LogP contribution is -1.98. The van der Waals surface area contributed by atoms with Crippen molar-refractivity contribution in [2.24, 2.45) is 0 Å². The van der Waals surface area contributed by atoms with Crippen molar-refractivity contribution in [1.29, 1.82) is 0 Å². The number of anilines is 2. The van der Waals surface area contributed by atoms with E-state index in [0.29, 0.717) is 0 Å². The zero-order valence-electron chi connectivity index (χ0n) is 24.2. The fourth-order valence-electron chi connectivity index (χ4n) is 5.93. The van der Waals surface area contributed by atoms with Gasteiger partial charge >= 0.3 is 0 Å². The molecule has 0 atom stereocenters. The molecule has 6 aromatic rings. The number of aromatic amines is 2. The van der Waals surface area contributed by atoms with Crippen LogP contribution in [0.25, 0.3) is 68.6 Å². The summed E-state index contributed by atoms with van der Waals surface area (Å²) >= 11 is 0. The number of H-pyrrole nitrogens is 2. The van der Waals surface area contributed by atoms with Crippen LogP contribution in [0.2, 0.25) is 0 Å². The summed E-state index contributed by atoms with van der Waals surface area (Å²) in [4.78, 5) is 17.8. The Kier molecular flexibility index (Phi) is 6.27. The SMILES string of the molecule is Cc1ccccc1Nc1c2nc(c(-c3ccccc3)c3ccc(cc4ccc([nH]4)c(-c4ccccc4)c4nc1C=C4)[nH]3)C=C2. The van der Waals surface area contributed by atoms with Gasteiger partial charge in [-0.05, 0) is 84.3 Å². The molecule has 0 unspecified atom stereocenters. The minimum Gasteiger partial charge on any atom is -0.355 e. The summed E-state index contributed by atoms with van der Waals surface area (Å²) in [7, 11) is 0. The number of hydrogen-bond donors (Lipinski definition) is 3. The van der Waals surface area contributed by atoms with E-state index in [0.717, 1.165) is 84.0 Å².